The number of aromatic nitrogens is 2. The lowest BCUT2D eigenvalue weighted by atomic mass is 10.1. The fourth-order valence-electron chi connectivity index (χ4n) is 1.58. The third-order valence-corrected chi connectivity index (χ3v) is 2.63. The summed E-state index contributed by atoms with van der Waals surface area (Å²) in [7, 11) is 1.87. The Hall–Kier alpha value is -2.28. The standard InChI is InChI=1S/C12H12N4/c1-8-15-11(12(14)16(8)2)10-5-3-4-9(6-10)7-13/h3-6H,14H2,1-2H3. The molecule has 1 aromatic carbocycles. The quantitative estimate of drug-likeness (QED) is 0.784. The zero-order valence-corrected chi connectivity index (χ0v) is 9.23. The van der Waals surface area contributed by atoms with Crippen molar-refractivity contribution in [1.82, 2.24) is 9.55 Å². The van der Waals surface area contributed by atoms with E-state index < -0.39 is 0 Å². The van der Waals surface area contributed by atoms with Gasteiger partial charge < -0.3 is 10.3 Å². The summed E-state index contributed by atoms with van der Waals surface area (Å²) >= 11 is 0. The molecule has 0 saturated carbocycles. The molecule has 16 heavy (non-hydrogen) atoms. The summed E-state index contributed by atoms with van der Waals surface area (Å²) in [6.45, 7) is 1.90. The van der Waals surface area contributed by atoms with Crippen molar-refractivity contribution < 1.29 is 0 Å². The van der Waals surface area contributed by atoms with Crippen LogP contribution in [0.15, 0.2) is 24.3 Å². The molecule has 0 radical (unpaired) electrons. The zero-order valence-electron chi connectivity index (χ0n) is 9.23. The average Bonchev–Trinajstić information content (AvgIpc) is 2.57. The predicted octanol–water partition coefficient (Wildman–Crippen LogP) is 1.85. The molecule has 0 fully saturated rings. The molecule has 0 aliphatic carbocycles. The number of benzene rings is 1. The highest BCUT2D eigenvalue weighted by atomic mass is 15.1. The van der Waals surface area contributed by atoms with Gasteiger partial charge in [0.05, 0.1) is 11.6 Å². The maximum Gasteiger partial charge on any atom is 0.131 e. The van der Waals surface area contributed by atoms with Crippen LogP contribution in [0, 0.1) is 18.3 Å². The Bertz CT molecular complexity index is 575. The van der Waals surface area contributed by atoms with Crippen LogP contribution in [0.5, 0.6) is 0 Å². The van der Waals surface area contributed by atoms with Crippen molar-refractivity contribution in [1.29, 1.82) is 5.26 Å². The van der Waals surface area contributed by atoms with Crippen molar-refractivity contribution in [3.05, 3.63) is 35.7 Å². The molecular weight excluding hydrogens is 200 g/mol. The Morgan fingerprint density at radius 1 is 1.44 bits per heavy atom. The molecule has 0 saturated heterocycles. The lowest BCUT2D eigenvalue weighted by molar-refractivity contribution is 0.868. The molecule has 2 N–H and O–H groups in total. The van der Waals surface area contributed by atoms with Crippen LogP contribution < -0.4 is 5.73 Å². The van der Waals surface area contributed by atoms with E-state index in [1.165, 1.54) is 0 Å². The Morgan fingerprint density at radius 3 is 2.75 bits per heavy atom. The van der Waals surface area contributed by atoms with E-state index in [0.717, 1.165) is 17.1 Å². The number of hydrogen-bond donors (Lipinski definition) is 1. The Labute approximate surface area is 94.0 Å². The number of imidazole rings is 1. The van der Waals surface area contributed by atoms with Crippen LogP contribution in [-0.2, 0) is 7.05 Å². The van der Waals surface area contributed by atoms with Gasteiger partial charge in [0.15, 0.2) is 0 Å². The lowest BCUT2D eigenvalue weighted by Crippen LogP contribution is -1.98. The fourth-order valence-corrected chi connectivity index (χ4v) is 1.58. The summed E-state index contributed by atoms with van der Waals surface area (Å²) in [6.07, 6.45) is 0. The number of nitrogen functional groups attached to an aromatic ring is 1. The Morgan fingerprint density at radius 2 is 2.19 bits per heavy atom. The molecule has 0 unspecified atom stereocenters. The molecule has 4 heteroatoms. The van der Waals surface area contributed by atoms with E-state index in [1.54, 1.807) is 12.1 Å². The van der Waals surface area contributed by atoms with Gasteiger partial charge in [0.1, 0.15) is 17.3 Å². The van der Waals surface area contributed by atoms with Crippen LogP contribution in [-0.4, -0.2) is 9.55 Å². The zero-order chi connectivity index (χ0) is 11.7. The number of aryl methyl sites for hydroxylation is 1. The first-order valence-electron chi connectivity index (χ1n) is 4.93. The average molecular weight is 212 g/mol. The van der Waals surface area contributed by atoms with Gasteiger partial charge >= 0.3 is 0 Å². The van der Waals surface area contributed by atoms with Crippen LogP contribution in [0.2, 0.25) is 0 Å². The van der Waals surface area contributed by atoms with Crippen LogP contribution in [0.4, 0.5) is 5.82 Å². The lowest BCUT2D eigenvalue weighted by Gasteiger charge is -2.00. The summed E-state index contributed by atoms with van der Waals surface area (Å²) in [6, 6.07) is 9.38. The van der Waals surface area contributed by atoms with Crippen molar-refractivity contribution in [2.45, 2.75) is 6.92 Å². The van der Waals surface area contributed by atoms with E-state index in [1.807, 2.05) is 30.7 Å². The molecule has 0 amide bonds. The molecule has 1 heterocycles. The molecular formula is C12H12N4. The van der Waals surface area contributed by atoms with Gasteiger partial charge in [-0.25, -0.2) is 4.98 Å². The van der Waals surface area contributed by atoms with Gasteiger partial charge in [0.25, 0.3) is 0 Å². The molecule has 2 rings (SSSR count). The van der Waals surface area contributed by atoms with E-state index in [-0.39, 0.29) is 0 Å². The smallest absolute Gasteiger partial charge is 0.131 e. The van der Waals surface area contributed by atoms with Crippen LogP contribution >= 0.6 is 0 Å². The van der Waals surface area contributed by atoms with E-state index in [2.05, 4.69) is 11.1 Å². The molecule has 0 bridgehead atoms. The molecule has 0 spiro atoms. The van der Waals surface area contributed by atoms with Gasteiger partial charge in [0, 0.05) is 12.6 Å². The van der Waals surface area contributed by atoms with Gasteiger partial charge in [-0.2, -0.15) is 5.26 Å². The summed E-state index contributed by atoms with van der Waals surface area (Å²) in [5.74, 6) is 1.47. The number of hydrogen-bond acceptors (Lipinski definition) is 3. The molecule has 0 atom stereocenters. The molecule has 0 aliphatic heterocycles. The van der Waals surface area contributed by atoms with Gasteiger partial charge in [-0.15, -0.1) is 0 Å². The second kappa shape index (κ2) is 3.70. The summed E-state index contributed by atoms with van der Waals surface area (Å²) in [4.78, 5) is 4.38. The predicted molar refractivity (Wildman–Crippen MR) is 62.5 cm³/mol. The first-order chi connectivity index (χ1) is 7.63. The first kappa shape index (κ1) is 10.2. The van der Waals surface area contributed by atoms with Gasteiger partial charge in [-0.05, 0) is 19.1 Å². The van der Waals surface area contributed by atoms with E-state index in [9.17, 15) is 0 Å². The summed E-state index contributed by atoms with van der Waals surface area (Å²) in [5.41, 5.74) is 8.16. The Kier molecular flexibility index (Phi) is 2.37. The topological polar surface area (TPSA) is 67.6 Å². The minimum atomic E-state index is 0.611. The van der Waals surface area contributed by atoms with Gasteiger partial charge in [-0.3, -0.25) is 0 Å². The largest absolute Gasteiger partial charge is 0.383 e. The minimum absolute atomic E-state index is 0.611. The van der Waals surface area contributed by atoms with Crippen molar-refractivity contribution in [2.24, 2.45) is 7.05 Å². The monoisotopic (exact) mass is 212 g/mol. The van der Waals surface area contributed by atoms with Crippen molar-refractivity contribution in [3.63, 3.8) is 0 Å². The fraction of sp³-hybridized carbons (Fsp3) is 0.167. The highest BCUT2D eigenvalue weighted by Crippen LogP contribution is 2.25. The maximum absolute atomic E-state index is 8.83. The highest BCUT2D eigenvalue weighted by Gasteiger charge is 2.11. The summed E-state index contributed by atoms with van der Waals surface area (Å²) in [5, 5.41) is 8.83. The second-order valence-corrected chi connectivity index (χ2v) is 3.64. The number of nitriles is 1. The second-order valence-electron chi connectivity index (χ2n) is 3.64. The number of nitrogens with two attached hydrogens (primary N) is 1. The summed E-state index contributed by atoms with van der Waals surface area (Å²) < 4.78 is 1.83. The van der Waals surface area contributed by atoms with Crippen molar-refractivity contribution in [3.8, 4) is 17.3 Å². The number of anilines is 1. The molecule has 0 aliphatic rings. The van der Waals surface area contributed by atoms with E-state index >= 15 is 0 Å². The molecule has 2 aromatic rings. The highest BCUT2D eigenvalue weighted by molar-refractivity contribution is 5.71. The van der Waals surface area contributed by atoms with Gasteiger partial charge in [-0.1, -0.05) is 12.1 Å². The normalized spacial score (nSPS) is 10.1. The third kappa shape index (κ3) is 1.52. The third-order valence-electron chi connectivity index (χ3n) is 2.63. The Balaban J connectivity index is 2.59. The van der Waals surface area contributed by atoms with Crippen molar-refractivity contribution >= 4 is 5.82 Å². The number of rotatable bonds is 1. The minimum Gasteiger partial charge on any atom is -0.383 e. The SMILES string of the molecule is Cc1nc(-c2cccc(C#N)c2)c(N)n1C. The van der Waals surface area contributed by atoms with E-state index in [4.69, 9.17) is 11.0 Å². The molecule has 80 valence electrons. The molecule has 1 aromatic heterocycles. The van der Waals surface area contributed by atoms with Crippen molar-refractivity contribution in [2.75, 3.05) is 5.73 Å². The number of nitrogens with zero attached hydrogens (tertiary/aromatic N) is 3. The van der Waals surface area contributed by atoms with Gasteiger partial charge in [0.2, 0.25) is 0 Å². The van der Waals surface area contributed by atoms with Crippen LogP contribution in [0.1, 0.15) is 11.4 Å². The molecule has 4 nitrogen and oxygen atoms in total. The maximum atomic E-state index is 8.83. The first-order valence-corrected chi connectivity index (χ1v) is 4.93. The van der Waals surface area contributed by atoms with Crippen LogP contribution in [0.3, 0.4) is 0 Å². The van der Waals surface area contributed by atoms with Crippen LogP contribution in [0.25, 0.3) is 11.3 Å². The van der Waals surface area contributed by atoms with E-state index in [0.29, 0.717) is 11.4 Å².